The van der Waals surface area contributed by atoms with Crippen molar-refractivity contribution in [2.24, 2.45) is 0 Å². The van der Waals surface area contributed by atoms with Gasteiger partial charge in [-0.05, 0) is 170 Å². The maximum absolute atomic E-state index is 7.50. The Morgan fingerprint density at radius 1 is 0.207 bits per heavy atom. The summed E-state index contributed by atoms with van der Waals surface area (Å²) in [6.45, 7) is 0. The molecule has 0 saturated heterocycles. The van der Waals surface area contributed by atoms with Gasteiger partial charge in [0.1, 0.15) is 50.9 Å². The molecule has 0 aliphatic rings. The molecule has 19 heterocycles. The molecular formula is C92H54N18O. The van der Waals surface area contributed by atoms with Crippen LogP contribution >= 0.6 is 0 Å². The van der Waals surface area contributed by atoms with Crippen LogP contribution in [0.4, 0.5) is 0 Å². The minimum absolute atomic E-state index is 0.520. The Kier molecular flexibility index (Phi) is 15.3. The minimum atomic E-state index is 0.520. The van der Waals surface area contributed by atoms with Crippen molar-refractivity contribution in [1.29, 1.82) is 0 Å². The average molecular weight is 1430 g/mol. The molecule has 21 rings (SSSR count). The van der Waals surface area contributed by atoms with Crippen LogP contribution in [0.5, 0.6) is 0 Å². The van der Waals surface area contributed by atoms with E-state index in [0.717, 1.165) is 54.9 Å². The fourth-order valence-corrected chi connectivity index (χ4v) is 15.5. The van der Waals surface area contributed by atoms with E-state index in [0.29, 0.717) is 158 Å². The predicted molar refractivity (Wildman–Crippen MR) is 432 cm³/mol. The van der Waals surface area contributed by atoms with Crippen molar-refractivity contribution >= 4 is 66.1 Å². The van der Waals surface area contributed by atoms with Crippen molar-refractivity contribution in [3.8, 4) is 147 Å². The van der Waals surface area contributed by atoms with Gasteiger partial charge in [0.15, 0.2) is 5.58 Å². The van der Waals surface area contributed by atoms with Crippen LogP contribution in [-0.4, -0.2) is 88.9 Å². The summed E-state index contributed by atoms with van der Waals surface area (Å²) in [7, 11) is 0. The van der Waals surface area contributed by atoms with Gasteiger partial charge in [0, 0.05) is 151 Å². The highest BCUT2D eigenvalue weighted by Crippen LogP contribution is 2.55. The molecule has 19 heteroatoms. The molecule has 0 fully saturated rings. The maximum Gasteiger partial charge on any atom is 0.159 e. The van der Waals surface area contributed by atoms with E-state index in [1.54, 1.807) is 49.6 Å². The predicted octanol–water partition coefficient (Wildman–Crippen LogP) is 20.1. The Bertz CT molecular complexity index is 6750. The number of para-hydroxylation sites is 1. The molecule has 0 radical (unpaired) electrons. The summed E-state index contributed by atoms with van der Waals surface area (Å²) in [5.74, 6) is 0. The Hall–Kier alpha value is -15.8. The number of nitrogens with zero attached hydrogens (tertiary/aromatic N) is 18. The van der Waals surface area contributed by atoms with Gasteiger partial charge >= 0.3 is 0 Å². The van der Waals surface area contributed by atoms with Crippen LogP contribution in [0.25, 0.3) is 213 Å². The van der Waals surface area contributed by atoms with Gasteiger partial charge in [-0.3, -0.25) is 68.9 Å². The normalized spacial score (nSPS) is 11.6. The van der Waals surface area contributed by atoms with Crippen molar-refractivity contribution in [3.05, 3.63) is 329 Å². The monoisotopic (exact) mass is 1430 g/mol. The smallest absolute Gasteiger partial charge is 0.159 e. The minimum Gasteiger partial charge on any atom is -0.454 e. The molecule has 0 spiro atoms. The molecule has 0 unspecified atom stereocenters. The van der Waals surface area contributed by atoms with Crippen molar-refractivity contribution in [2.45, 2.75) is 0 Å². The number of furan rings is 1. The first-order chi connectivity index (χ1) is 55.2. The van der Waals surface area contributed by atoms with Gasteiger partial charge < -0.3 is 4.42 Å². The first-order valence-corrected chi connectivity index (χ1v) is 36.0. The number of aromatic nitrogens is 18. The second kappa shape index (κ2) is 26.7. The van der Waals surface area contributed by atoms with E-state index < -0.39 is 0 Å². The van der Waals surface area contributed by atoms with Crippen LogP contribution in [0.2, 0.25) is 0 Å². The van der Waals surface area contributed by atoms with Crippen LogP contribution < -0.4 is 0 Å². The first-order valence-electron chi connectivity index (χ1n) is 36.0. The van der Waals surface area contributed by atoms with Crippen LogP contribution in [0.3, 0.4) is 0 Å². The van der Waals surface area contributed by atoms with E-state index in [-0.39, 0.29) is 0 Å². The number of benzene rings is 2. The summed E-state index contributed by atoms with van der Waals surface area (Å²) in [6, 6.07) is 83.2. The molecular weight excluding hydrogens is 1370 g/mol. The first kappa shape index (κ1) is 63.7. The molecule has 0 aliphatic carbocycles. The van der Waals surface area contributed by atoms with Gasteiger partial charge in [-0.25, -0.2) is 19.9 Å². The van der Waals surface area contributed by atoms with Gasteiger partial charge in [-0.2, -0.15) is 0 Å². The summed E-state index contributed by atoms with van der Waals surface area (Å²) >= 11 is 0. The van der Waals surface area contributed by atoms with Crippen molar-refractivity contribution in [3.63, 3.8) is 0 Å². The second-order valence-electron chi connectivity index (χ2n) is 26.3. The van der Waals surface area contributed by atoms with Crippen LogP contribution in [0, 0.1) is 0 Å². The lowest BCUT2D eigenvalue weighted by Gasteiger charge is -2.18. The summed E-state index contributed by atoms with van der Waals surface area (Å²) < 4.78 is 11.8. The number of hydrogen-bond donors (Lipinski definition) is 0. The molecule has 111 heavy (non-hydrogen) atoms. The highest BCUT2D eigenvalue weighted by atomic mass is 16.3. The Morgan fingerprint density at radius 2 is 0.459 bits per heavy atom. The summed E-state index contributed by atoms with van der Waals surface area (Å²) in [5.41, 5.74) is 20.4. The van der Waals surface area contributed by atoms with E-state index in [9.17, 15) is 0 Å². The standard InChI is InChI=1S/C92H54N18O/c1-13-42-93-58(27-1)72-76(62-31-5-17-46-97-62)84(66-35-9-21-50-101-66)105-89-80(72)81-73(59-28-2-14-43-94-59)77(63-32-6-18-47-98-63)85(67-36-10-22-51-102-67)106-90(81)109(89)55-40-41-71-57(54-55)56-26-25-39-70(88(56)111-71)110-91-82(74(60-29-3-15-44-95-60)78(64-33-7-19-48-99-64)86(107-91)68-37-11-23-52-103-68)83-75(61-30-4-16-45-96-61)79(65-34-8-20-49-100-65)87(108-92(83)110)69-38-12-24-53-104-69/h1-54H. The molecule has 0 N–H and O–H groups in total. The molecule has 0 atom stereocenters. The van der Waals surface area contributed by atoms with E-state index in [4.69, 9.17) is 84.2 Å². The molecule has 0 saturated carbocycles. The second-order valence-corrected chi connectivity index (χ2v) is 26.3. The Morgan fingerprint density at radius 3 is 0.721 bits per heavy atom. The van der Waals surface area contributed by atoms with Gasteiger partial charge in [0.05, 0.1) is 79.7 Å². The van der Waals surface area contributed by atoms with Crippen LogP contribution in [-0.2, 0) is 0 Å². The summed E-state index contributed by atoms with van der Waals surface area (Å²) in [6.07, 6.45) is 21.6. The zero-order valence-corrected chi connectivity index (χ0v) is 58.6. The lowest BCUT2D eigenvalue weighted by Crippen LogP contribution is -2.03. The number of fused-ring (bicyclic) bond motifs is 9. The molecule has 0 aliphatic heterocycles. The number of hydrogen-bond acceptors (Lipinski definition) is 17. The molecule has 19 aromatic heterocycles. The molecule has 518 valence electrons. The molecule has 2 aromatic carbocycles. The van der Waals surface area contributed by atoms with Crippen molar-refractivity contribution < 1.29 is 4.42 Å². The Labute approximate surface area is 631 Å². The van der Waals surface area contributed by atoms with E-state index >= 15 is 0 Å². The van der Waals surface area contributed by atoms with Crippen LogP contribution in [0.15, 0.2) is 334 Å². The highest BCUT2D eigenvalue weighted by molar-refractivity contribution is 6.27. The third kappa shape index (κ3) is 10.6. The third-order valence-corrected chi connectivity index (χ3v) is 20.0. The van der Waals surface area contributed by atoms with Crippen LogP contribution in [0.1, 0.15) is 0 Å². The maximum atomic E-state index is 7.50. The zero-order valence-electron chi connectivity index (χ0n) is 58.6. The largest absolute Gasteiger partial charge is 0.454 e. The SMILES string of the molecule is c1ccc(-c2nc3c(c(-c4ccccn4)c2-c2ccccn2)c2c(-c4ccccn4)c(-c4ccccn4)c(-c4ccccn4)nc2n3-c2ccc3oc4c(-n5c6nc(-c7ccccn7)c(-c7ccccn7)c(-c7ccccn7)c6c6c(-c7ccccn7)c(-c7ccccn7)c(-c7ccccn7)nc65)cccc4c3c2)nc1. The lowest BCUT2D eigenvalue weighted by molar-refractivity contribution is 0.666. The summed E-state index contributed by atoms with van der Waals surface area (Å²) in [5, 5.41) is 4.45. The number of pyridine rings is 16. The highest BCUT2D eigenvalue weighted by Gasteiger charge is 2.36. The van der Waals surface area contributed by atoms with Gasteiger partial charge in [-0.1, -0.05) is 84.9 Å². The fraction of sp³-hybridized carbons (Fsp3) is 0. The van der Waals surface area contributed by atoms with E-state index in [2.05, 4.69) is 39.5 Å². The Balaban J connectivity index is 0.929. The summed E-state index contributed by atoms with van der Waals surface area (Å²) in [4.78, 5) is 85.4. The van der Waals surface area contributed by atoms with Gasteiger partial charge in [0.25, 0.3) is 0 Å². The van der Waals surface area contributed by atoms with Gasteiger partial charge in [-0.15, -0.1) is 0 Å². The lowest BCUT2D eigenvalue weighted by atomic mass is 9.90. The number of rotatable bonds is 14. The zero-order chi connectivity index (χ0) is 73.3. The third-order valence-electron chi connectivity index (χ3n) is 20.0. The van der Waals surface area contributed by atoms with E-state index in [1.165, 1.54) is 0 Å². The fourth-order valence-electron chi connectivity index (χ4n) is 15.5. The molecule has 19 nitrogen and oxygen atoms in total. The quantitative estimate of drug-likeness (QED) is 0.0985. The van der Waals surface area contributed by atoms with E-state index in [1.807, 2.05) is 249 Å². The molecule has 0 bridgehead atoms. The molecule has 0 amide bonds. The van der Waals surface area contributed by atoms with Crippen molar-refractivity contribution in [1.82, 2.24) is 88.9 Å². The topological polar surface area (TPSA) is 229 Å². The molecule has 21 aromatic rings. The van der Waals surface area contributed by atoms with Crippen molar-refractivity contribution in [2.75, 3.05) is 0 Å². The average Bonchev–Trinajstić information content (AvgIpc) is 1.55. The van der Waals surface area contributed by atoms with Gasteiger partial charge in [0.2, 0.25) is 0 Å².